The van der Waals surface area contributed by atoms with Crippen molar-refractivity contribution >= 4 is 27.3 Å². The number of hydrogen-bond donors (Lipinski definition) is 1. The highest BCUT2D eigenvalue weighted by atomic mass is 79.9. The molecule has 0 fully saturated rings. The van der Waals surface area contributed by atoms with Gasteiger partial charge in [0.2, 0.25) is 0 Å². The maximum atomic E-state index is 6.11. The number of nitrogens with two attached hydrogens (primary N) is 1. The Hall–Kier alpha value is -0.700. The van der Waals surface area contributed by atoms with Crippen molar-refractivity contribution in [2.75, 3.05) is 17.2 Å². The van der Waals surface area contributed by atoms with Gasteiger partial charge in [-0.25, -0.2) is 0 Å². The Morgan fingerprint density at radius 1 is 1.35 bits per heavy atom. The first kappa shape index (κ1) is 14.4. The van der Waals surface area contributed by atoms with Gasteiger partial charge in [-0.1, -0.05) is 36.2 Å². The Morgan fingerprint density at radius 2 is 2.06 bits per heavy atom. The van der Waals surface area contributed by atoms with Gasteiger partial charge < -0.3 is 10.6 Å². The minimum absolute atomic E-state index is 0.532. The first-order valence-electron chi connectivity index (χ1n) is 6.41. The Balaban J connectivity index is 2.95. The van der Waals surface area contributed by atoms with Crippen molar-refractivity contribution < 1.29 is 0 Å². The second kappa shape index (κ2) is 6.90. The van der Waals surface area contributed by atoms with Crippen molar-refractivity contribution in [3.8, 4) is 0 Å². The second-order valence-corrected chi connectivity index (χ2v) is 5.42. The van der Waals surface area contributed by atoms with Gasteiger partial charge in [-0.3, -0.25) is 0 Å². The van der Waals surface area contributed by atoms with Gasteiger partial charge in [-0.15, -0.1) is 0 Å². The molecule has 0 heterocycles. The summed E-state index contributed by atoms with van der Waals surface area (Å²) < 4.78 is 1.04. The van der Waals surface area contributed by atoms with E-state index in [1.54, 1.807) is 0 Å². The van der Waals surface area contributed by atoms with Gasteiger partial charge in [-0.2, -0.15) is 0 Å². The highest BCUT2D eigenvalue weighted by Gasteiger charge is 2.14. The Labute approximate surface area is 113 Å². The van der Waals surface area contributed by atoms with E-state index in [-0.39, 0.29) is 0 Å². The summed E-state index contributed by atoms with van der Waals surface area (Å²) in [5.41, 5.74) is 8.14. The van der Waals surface area contributed by atoms with Crippen LogP contribution in [0.1, 0.15) is 40.0 Å². The van der Waals surface area contributed by atoms with Crippen molar-refractivity contribution in [2.24, 2.45) is 0 Å². The summed E-state index contributed by atoms with van der Waals surface area (Å²) in [5.74, 6) is 0. The normalized spacial score (nSPS) is 12.5. The van der Waals surface area contributed by atoms with E-state index < -0.39 is 0 Å². The van der Waals surface area contributed by atoms with Gasteiger partial charge >= 0.3 is 0 Å². The van der Waals surface area contributed by atoms with Crippen LogP contribution in [0.5, 0.6) is 0 Å². The molecule has 96 valence electrons. The molecule has 0 spiro atoms. The minimum atomic E-state index is 0.532. The standard InChI is InChI=1S/C14H23BrN2/c1-4-6-9-17(11(3)5-2)14-8-7-12(15)10-13(14)16/h7-8,10-11H,4-6,9,16H2,1-3H3. The largest absolute Gasteiger partial charge is 0.397 e. The average Bonchev–Trinajstić information content (AvgIpc) is 2.31. The predicted molar refractivity (Wildman–Crippen MR) is 80.6 cm³/mol. The minimum Gasteiger partial charge on any atom is -0.397 e. The van der Waals surface area contributed by atoms with Crippen molar-refractivity contribution in [1.29, 1.82) is 0 Å². The molecule has 0 bridgehead atoms. The zero-order valence-corrected chi connectivity index (χ0v) is 12.6. The summed E-state index contributed by atoms with van der Waals surface area (Å²) in [4.78, 5) is 2.42. The number of unbranched alkanes of at least 4 members (excludes halogenated alkanes) is 1. The van der Waals surface area contributed by atoms with E-state index in [9.17, 15) is 0 Å². The molecule has 2 N–H and O–H groups in total. The van der Waals surface area contributed by atoms with Crippen molar-refractivity contribution in [3.05, 3.63) is 22.7 Å². The summed E-state index contributed by atoms with van der Waals surface area (Å²) in [6.07, 6.45) is 3.56. The number of nitrogens with zero attached hydrogens (tertiary/aromatic N) is 1. The number of nitrogen functional groups attached to an aromatic ring is 1. The van der Waals surface area contributed by atoms with Gasteiger partial charge in [0, 0.05) is 17.1 Å². The van der Waals surface area contributed by atoms with E-state index in [2.05, 4.69) is 53.7 Å². The van der Waals surface area contributed by atoms with Crippen LogP contribution in [0.25, 0.3) is 0 Å². The SMILES string of the molecule is CCCCN(c1ccc(Br)cc1N)C(C)CC. The molecule has 17 heavy (non-hydrogen) atoms. The van der Waals surface area contributed by atoms with Crippen LogP contribution >= 0.6 is 15.9 Å². The lowest BCUT2D eigenvalue weighted by molar-refractivity contribution is 0.596. The molecule has 0 amide bonds. The number of halogens is 1. The van der Waals surface area contributed by atoms with Crippen LogP contribution in [-0.4, -0.2) is 12.6 Å². The third-order valence-electron chi connectivity index (χ3n) is 3.17. The van der Waals surface area contributed by atoms with Crippen LogP contribution in [0.15, 0.2) is 22.7 Å². The van der Waals surface area contributed by atoms with Crippen molar-refractivity contribution in [3.63, 3.8) is 0 Å². The summed E-state index contributed by atoms with van der Waals surface area (Å²) in [7, 11) is 0. The van der Waals surface area contributed by atoms with Gasteiger partial charge in [-0.05, 0) is 38.0 Å². The third-order valence-corrected chi connectivity index (χ3v) is 3.67. The first-order valence-corrected chi connectivity index (χ1v) is 7.21. The molecule has 1 aromatic carbocycles. The van der Waals surface area contributed by atoms with Crippen LogP contribution in [0, 0.1) is 0 Å². The van der Waals surface area contributed by atoms with E-state index in [0.717, 1.165) is 28.8 Å². The van der Waals surface area contributed by atoms with E-state index in [0.29, 0.717) is 6.04 Å². The van der Waals surface area contributed by atoms with Gasteiger partial charge in [0.1, 0.15) is 0 Å². The highest BCUT2D eigenvalue weighted by molar-refractivity contribution is 9.10. The molecule has 3 heteroatoms. The zero-order valence-electron chi connectivity index (χ0n) is 11.0. The molecule has 0 aliphatic carbocycles. The number of benzene rings is 1. The molecule has 1 atom stereocenters. The van der Waals surface area contributed by atoms with Crippen LogP contribution in [-0.2, 0) is 0 Å². The van der Waals surface area contributed by atoms with Crippen LogP contribution < -0.4 is 10.6 Å². The Morgan fingerprint density at radius 3 is 2.59 bits per heavy atom. The fourth-order valence-electron chi connectivity index (χ4n) is 1.91. The molecule has 0 saturated heterocycles. The molecule has 0 aliphatic heterocycles. The molecule has 1 unspecified atom stereocenters. The van der Waals surface area contributed by atoms with E-state index in [4.69, 9.17) is 5.73 Å². The third kappa shape index (κ3) is 3.91. The Bertz CT molecular complexity index is 352. The van der Waals surface area contributed by atoms with Gasteiger partial charge in [0.25, 0.3) is 0 Å². The first-order chi connectivity index (χ1) is 8.10. The smallest absolute Gasteiger partial charge is 0.0603 e. The molecule has 0 radical (unpaired) electrons. The molecule has 1 rings (SSSR count). The fourth-order valence-corrected chi connectivity index (χ4v) is 2.29. The number of anilines is 2. The van der Waals surface area contributed by atoms with Crippen LogP contribution in [0.4, 0.5) is 11.4 Å². The quantitative estimate of drug-likeness (QED) is 0.787. The lowest BCUT2D eigenvalue weighted by Gasteiger charge is -2.32. The van der Waals surface area contributed by atoms with E-state index in [1.165, 1.54) is 12.8 Å². The van der Waals surface area contributed by atoms with Gasteiger partial charge in [0.05, 0.1) is 11.4 Å². The molecule has 0 saturated carbocycles. The molecule has 0 aromatic heterocycles. The topological polar surface area (TPSA) is 29.3 Å². The second-order valence-electron chi connectivity index (χ2n) is 4.51. The highest BCUT2D eigenvalue weighted by Crippen LogP contribution is 2.29. The molecular formula is C14H23BrN2. The molecule has 0 aliphatic rings. The lowest BCUT2D eigenvalue weighted by atomic mass is 10.1. The maximum Gasteiger partial charge on any atom is 0.0603 e. The lowest BCUT2D eigenvalue weighted by Crippen LogP contribution is -2.34. The fraction of sp³-hybridized carbons (Fsp3) is 0.571. The molecule has 2 nitrogen and oxygen atoms in total. The average molecular weight is 299 g/mol. The number of rotatable bonds is 6. The monoisotopic (exact) mass is 298 g/mol. The number of hydrogen-bond acceptors (Lipinski definition) is 2. The molecule has 1 aromatic rings. The summed E-state index contributed by atoms with van der Waals surface area (Å²) in [5, 5.41) is 0. The van der Waals surface area contributed by atoms with Crippen LogP contribution in [0.2, 0.25) is 0 Å². The predicted octanol–water partition coefficient (Wildman–Crippen LogP) is 4.44. The summed E-state index contributed by atoms with van der Waals surface area (Å²) in [6, 6.07) is 6.69. The summed E-state index contributed by atoms with van der Waals surface area (Å²) in [6.45, 7) is 7.78. The Kier molecular flexibility index (Phi) is 5.83. The van der Waals surface area contributed by atoms with E-state index >= 15 is 0 Å². The van der Waals surface area contributed by atoms with Crippen molar-refractivity contribution in [1.82, 2.24) is 0 Å². The molecular weight excluding hydrogens is 276 g/mol. The van der Waals surface area contributed by atoms with Crippen molar-refractivity contribution in [2.45, 2.75) is 46.1 Å². The van der Waals surface area contributed by atoms with Gasteiger partial charge in [0.15, 0.2) is 0 Å². The van der Waals surface area contributed by atoms with E-state index in [1.807, 2.05) is 6.07 Å². The maximum absolute atomic E-state index is 6.11. The zero-order chi connectivity index (χ0) is 12.8. The van der Waals surface area contributed by atoms with Crippen LogP contribution in [0.3, 0.4) is 0 Å². The summed E-state index contributed by atoms with van der Waals surface area (Å²) >= 11 is 3.45.